The van der Waals surface area contributed by atoms with Crippen molar-refractivity contribution >= 4 is 5.95 Å². The Morgan fingerprint density at radius 3 is 2.79 bits per heavy atom. The topological polar surface area (TPSA) is 94.5 Å². The maximum absolute atomic E-state index is 5.46. The molecule has 3 N–H and O–H groups in total. The summed E-state index contributed by atoms with van der Waals surface area (Å²) in [6.07, 6.45) is 3.44. The number of pyridine rings is 1. The molecule has 2 aromatic rings. The lowest BCUT2D eigenvalue weighted by atomic mass is 10.3. The lowest BCUT2D eigenvalue weighted by Gasteiger charge is -2.04. The van der Waals surface area contributed by atoms with Crippen LogP contribution in [0.25, 0.3) is 0 Å². The Morgan fingerprint density at radius 2 is 2.14 bits per heavy atom. The molecule has 0 fully saturated rings. The average molecular weight is 191 g/mol. The maximum atomic E-state index is 5.46. The van der Waals surface area contributed by atoms with Crippen molar-refractivity contribution in [3.05, 3.63) is 30.1 Å². The first kappa shape index (κ1) is 8.42. The summed E-state index contributed by atoms with van der Waals surface area (Å²) in [6, 6.07) is 3.79. The molecule has 0 aliphatic heterocycles. The molecule has 0 radical (unpaired) electrons. The van der Waals surface area contributed by atoms with Crippen LogP contribution in [0.2, 0.25) is 0 Å². The largest absolute Gasteiger partial charge is 0.365 e. The third-order valence-electron chi connectivity index (χ3n) is 1.68. The summed E-state index contributed by atoms with van der Waals surface area (Å²) in [6.45, 7) is 0.595. The lowest BCUT2D eigenvalue weighted by Crippen LogP contribution is -2.18. The quantitative estimate of drug-likeness (QED) is 0.672. The molecule has 0 saturated heterocycles. The van der Waals surface area contributed by atoms with Gasteiger partial charge in [0.05, 0.1) is 6.54 Å². The molecule has 2 heterocycles. The normalized spacial score (nSPS) is 10.0. The van der Waals surface area contributed by atoms with Crippen molar-refractivity contribution in [3.8, 4) is 0 Å². The van der Waals surface area contributed by atoms with Gasteiger partial charge in [0.15, 0.2) is 0 Å². The second kappa shape index (κ2) is 3.69. The van der Waals surface area contributed by atoms with E-state index in [2.05, 4.69) is 25.9 Å². The van der Waals surface area contributed by atoms with E-state index in [9.17, 15) is 0 Å². The predicted octanol–water partition coefficient (Wildman–Crippen LogP) is -0.606. The molecule has 2 rings (SSSR count). The summed E-state index contributed by atoms with van der Waals surface area (Å²) in [5.41, 5.74) is 9.47. The number of nitrogen functional groups attached to an aromatic ring is 1. The van der Waals surface area contributed by atoms with Crippen LogP contribution < -0.4 is 11.2 Å². The minimum Gasteiger partial charge on any atom is -0.365 e. The molecule has 7 nitrogen and oxygen atoms in total. The molecule has 0 spiro atoms. The van der Waals surface area contributed by atoms with Gasteiger partial charge in [-0.3, -0.25) is 4.98 Å². The Bertz CT molecular complexity index is 395. The van der Waals surface area contributed by atoms with E-state index in [4.69, 9.17) is 5.73 Å². The van der Waals surface area contributed by atoms with Crippen molar-refractivity contribution in [2.75, 3.05) is 11.2 Å². The van der Waals surface area contributed by atoms with Gasteiger partial charge in [0.1, 0.15) is 0 Å². The molecule has 0 aliphatic rings. The van der Waals surface area contributed by atoms with Crippen molar-refractivity contribution in [1.82, 2.24) is 25.3 Å². The van der Waals surface area contributed by atoms with Crippen molar-refractivity contribution in [1.29, 1.82) is 0 Å². The fraction of sp³-hybridized carbons (Fsp3) is 0.143. The molecular weight excluding hydrogens is 182 g/mol. The van der Waals surface area contributed by atoms with E-state index in [-0.39, 0.29) is 5.95 Å². The van der Waals surface area contributed by atoms with Gasteiger partial charge in [-0.2, -0.15) is 0 Å². The Kier molecular flexibility index (Phi) is 2.22. The minimum atomic E-state index is 0.235. The van der Waals surface area contributed by atoms with Crippen LogP contribution in [0.5, 0.6) is 0 Å². The standard InChI is InChI=1S/C7H9N7/c8-7-11-12-13-14(7)10-5-6-1-3-9-4-2-6/h1-4,10H,5H2,(H2,8,11,13). The molecule has 0 amide bonds. The molecule has 7 heteroatoms. The number of nitrogens with zero attached hydrogens (tertiary/aromatic N) is 5. The summed E-state index contributed by atoms with van der Waals surface area (Å²) < 4.78 is 0. The van der Waals surface area contributed by atoms with E-state index in [1.165, 1.54) is 4.79 Å². The predicted molar refractivity (Wildman–Crippen MR) is 49.5 cm³/mol. The Balaban J connectivity index is 1.99. The van der Waals surface area contributed by atoms with E-state index in [0.717, 1.165) is 5.56 Å². The molecule has 0 aromatic carbocycles. The Labute approximate surface area is 79.9 Å². The van der Waals surface area contributed by atoms with Gasteiger partial charge < -0.3 is 11.2 Å². The van der Waals surface area contributed by atoms with Crippen molar-refractivity contribution in [3.63, 3.8) is 0 Å². The Hall–Kier alpha value is -2.18. The summed E-state index contributed by atoms with van der Waals surface area (Å²) in [5, 5.41) is 10.6. The molecule has 2 aromatic heterocycles. The monoisotopic (exact) mass is 191 g/mol. The van der Waals surface area contributed by atoms with E-state index < -0.39 is 0 Å². The zero-order chi connectivity index (χ0) is 9.80. The van der Waals surface area contributed by atoms with Gasteiger partial charge in [-0.25, -0.2) is 0 Å². The third kappa shape index (κ3) is 1.76. The van der Waals surface area contributed by atoms with Gasteiger partial charge in [-0.15, -0.1) is 4.79 Å². The van der Waals surface area contributed by atoms with Crippen molar-refractivity contribution < 1.29 is 0 Å². The highest BCUT2D eigenvalue weighted by Crippen LogP contribution is 1.96. The van der Waals surface area contributed by atoms with E-state index >= 15 is 0 Å². The van der Waals surface area contributed by atoms with Crippen LogP contribution in [0.1, 0.15) is 5.56 Å². The number of aromatic nitrogens is 5. The minimum absolute atomic E-state index is 0.235. The van der Waals surface area contributed by atoms with Gasteiger partial charge in [0.2, 0.25) is 0 Å². The highest BCUT2D eigenvalue weighted by atomic mass is 15.7. The van der Waals surface area contributed by atoms with Crippen LogP contribution >= 0.6 is 0 Å². The van der Waals surface area contributed by atoms with E-state index in [1.54, 1.807) is 12.4 Å². The number of rotatable bonds is 3. The second-order valence-corrected chi connectivity index (χ2v) is 2.64. The maximum Gasteiger partial charge on any atom is 0.260 e. The zero-order valence-electron chi connectivity index (χ0n) is 7.33. The second-order valence-electron chi connectivity index (χ2n) is 2.64. The number of hydrogen-bond acceptors (Lipinski definition) is 6. The molecule has 0 aliphatic carbocycles. The molecule has 72 valence electrons. The van der Waals surface area contributed by atoms with Crippen LogP contribution in [0.4, 0.5) is 5.95 Å². The fourth-order valence-corrected chi connectivity index (χ4v) is 0.973. The first-order valence-corrected chi connectivity index (χ1v) is 4.03. The average Bonchev–Trinajstić information content (AvgIpc) is 2.63. The molecular formula is C7H9N7. The van der Waals surface area contributed by atoms with Gasteiger partial charge in [0, 0.05) is 12.4 Å². The van der Waals surface area contributed by atoms with Gasteiger partial charge in [-0.1, -0.05) is 5.10 Å². The molecule has 0 saturated carbocycles. The molecule has 14 heavy (non-hydrogen) atoms. The van der Waals surface area contributed by atoms with Crippen LogP contribution in [0.3, 0.4) is 0 Å². The molecule has 0 unspecified atom stereocenters. The fourth-order valence-electron chi connectivity index (χ4n) is 0.973. The number of nitrogens with two attached hydrogens (primary N) is 1. The number of anilines is 1. The van der Waals surface area contributed by atoms with Gasteiger partial charge in [0.25, 0.3) is 5.95 Å². The smallest absolute Gasteiger partial charge is 0.260 e. The molecule has 0 bridgehead atoms. The number of tetrazole rings is 1. The van der Waals surface area contributed by atoms with Crippen molar-refractivity contribution in [2.45, 2.75) is 6.54 Å². The third-order valence-corrected chi connectivity index (χ3v) is 1.68. The summed E-state index contributed by atoms with van der Waals surface area (Å²) in [4.78, 5) is 5.23. The van der Waals surface area contributed by atoms with Crippen LogP contribution in [0, 0.1) is 0 Å². The van der Waals surface area contributed by atoms with Crippen LogP contribution in [-0.2, 0) is 6.54 Å². The number of nitrogens with one attached hydrogen (secondary N) is 1. The van der Waals surface area contributed by atoms with E-state index in [1.807, 2.05) is 12.1 Å². The summed E-state index contributed by atoms with van der Waals surface area (Å²) in [7, 11) is 0. The van der Waals surface area contributed by atoms with Crippen LogP contribution in [0.15, 0.2) is 24.5 Å². The van der Waals surface area contributed by atoms with Crippen molar-refractivity contribution in [2.24, 2.45) is 0 Å². The summed E-state index contributed by atoms with van der Waals surface area (Å²) in [5.74, 6) is 0.235. The number of hydrogen-bond donors (Lipinski definition) is 2. The molecule has 0 atom stereocenters. The highest BCUT2D eigenvalue weighted by Gasteiger charge is 1.98. The van der Waals surface area contributed by atoms with Gasteiger partial charge in [-0.05, 0) is 28.1 Å². The SMILES string of the molecule is Nc1nnnn1NCc1ccncc1. The first-order valence-electron chi connectivity index (χ1n) is 4.03. The van der Waals surface area contributed by atoms with E-state index in [0.29, 0.717) is 6.54 Å². The summed E-state index contributed by atoms with van der Waals surface area (Å²) >= 11 is 0. The van der Waals surface area contributed by atoms with Gasteiger partial charge >= 0.3 is 0 Å². The lowest BCUT2D eigenvalue weighted by molar-refractivity contribution is 0.693. The first-order chi connectivity index (χ1) is 6.86. The highest BCUT2D eigenvalue weighted by molar-refractivity contribution is 5.15. The van der Waals surface area contributed by atoms with Crippen LogP contribution in [-0.4, -0.2) is 25.3 Å². The Morgan fingerprint density at radius 1 is 1.36 bits per heavy atom. The zero-order valence-corrected chi connectivity index (χ0v) is 7.33.